The van der Waals surface area contributed by atoms with Crippen LogP contribution in [0, 0.1) is 6.92 Å². The summed E-state index contributed by atoms with van der Waals surface area (Å²) in [5.41, 5.74) is 7.87. The molecule has 1 aliphatic heterocycles. The van der Waals surface area contributed by atoms with Crippen molar-refractivity contribution in [3.8, 4) is 22.4 Å². The lowest BCUT2D eigenvalue weighted by molar-refractivity contribution is 0.585. The van der Waals surface area contributed by atoms with Gasteiger partial charge in [0.05, 0.1) is 5.69 Å². The van der Waals surface area contributed by atoms with Crippen LogP contribution in [0.3, 0.4) is 0 Å². The highest BCUT2D eigenvalue weighted by molar-refractivity contribution is 5.94. The maximum Gasteiger partial charge on any atom is 0.253 e. The summed E-state index contributed by atoms with van der Waals surface area (Å²) < 4.78 is 1.68. The summed E-state index contributed by atoms with van der Waals surface area (Å²) in [6.45, 7) is 5.90. The SMILES string of the molecule is Cc1cc(-c2[nH]c3cc(-c4ccc(N5CCNCC5)nc4)ccc3c2C2CC2)cn(C)c1=O. The number of aromatic amines is 1. The first-order chi connectivity index (χ1) is 16.1. The highest BCUT2D eigenvalue weighted by Crippen LogP contribution is 2.48. The Bertz CT molecular complexity index is 1360. The van der Waals surface area contributed by atoms with Gasteiger partial charge in [0.15, 0.2) is 0 Å². The molecular formula is C27H29N5O. The van der Waals surface area contributed by atoms with Gasteiger partial charge in [0.25, 0.3) is 5.56 Å². The lowest BCUT2D eigenvalue weighted by atomic mass is 10.00. The predicted molar refractivity (Wildman–Crippen MR) is 134 cm³/mol. The average molecular weight is 440 g/mol. The number of benzene rings is 1. The van der Waals surface area contributed by atoms with Crippen LogP contribution in [0.1, 0.15) is 29.9 Å². The smallest absolute Gasteiger partial charge is 0.253 e. The number of pyridine rings is 2. The van der Waals surface area contributed by atoms with E-state index in [9.17, 15) is 4.79 Å². The first kappa shape index (κ1) is 20.2. The molecule has 0 amide bonds. The summed E-state index contributed by atoms with van der Waals surface area (Å²) in [6, 6.07) is 13.0. The first-order valence-corrected chi connectivity index (χ1v) is 11.8. The van der Waals surface area contributed by atoms with Gasteiger partial charge < -0.3 is 19.8 Å². The third-order valence-corrected chi connectivity index (χ3v) is 7.00. The molecule has 0 unspecified atom stereocenters. The number of nitrogens with one attached hydrogen (secondary N) is 2. The fraction of sp³-hybridized carbons (Fsp3) is 0.333. The molecule has 6 nitrogen and oxygen atoms in total. The van der Waals surface area contributed by atoms with Crippen molar-refractivity contribution >= 4 is 16.7 Å². The Labute approximate surface area is 193 Å². The first-order valence-electron chi connectivity index (χ1n) is 11.8. The number of H-pyrrole nitrogens is 1. The average Bonchev–Trinajstić information content (AvgIpc) is 3.62. The maximum atomic E-state index is 12.2. The fourth-order valence-electron chi connectivity index (χ4n) is 5.07. The minimum atomic E-state index is 0.0573. The van der Waals surface area contributed by atoms with E-state index in [0.717, 1.165) is 65.5 Å². The standard InChI is InChI=1S/C27H29N5O/c1-17-13-21(16-31(2)27(17)33)26-25(18-3-4-18)22-7-5-19(14-23(22)30-26)20-6-8-24(29-15-20)32-11-9-28-10-12-32/h5-8,13-16,18,28,30H,3-4,9-12H2,1-2H3. The van der Waals surface area contributed by atoms with E-state index in [2.05, 4.69) is 45.5 Å². The van der Waals surface area contributed by atoms with Gasteiger partial charge in [-0.05, 0) is 61.1 Å². The molecule has 2 aliphatic rings. The molecule has 0 atom stereocenters. The van der Waals surface area contributed by atoms with E-state index in [1.54, 1.807) is 4.57 Å². The molecule has 0 spiro atoms. The van der Waals surface area contributed by atoms with Crippen LogP contribution >= 0.6 is 0 Å². The molecular weight excluding hydrogens is 410 g/mol. The molecule has 2 fully saturated rings. The highest BCUT2D eigenvalue weighted by Gasteiger charge is 2.30. The molecule has 0 bridgehead atoms. The number of piperazine rings is 1. The lowest BCUT2D eigenvalue weighted by Crippen LogP contribution is -2.43. The summed E-state index contributed by atoms with van der Waals surface area (Å²) in [6.07, 6.45) is 6.39. The van der Waals surface area contributed by atoms with Gasteiger partial charge in [0.2, 0.25) is 0 Å². The molecule has 33 heavy (non-hydrogen) atoms. The van der Waals surface area contributed by atoms with Crippen LogP contribution in [0.2, 0.25) is 0 Å². The van der Waals surface area contributed by atoms with Crippen molar-refractivity contribution in [1.82, 2.24) is 19.9 Å². The van der Waals surface area contributed by atoms with Crippen molar-refractivity contribution in [1.29, 1.82) is 0 Å². The molecule has 1 aromatic carbocycles. The Morgan fingerprint density at radius 1 is 1.00 bits per heavy atom. The van der Waals surface area contributed by atoms with E-state index in [4.69, 9.17) is 4.98 Å². The van der Waals surface area contributed by atoms with Crippen LogP contribution in [-0.4, -0.2) is 40.7 Å². The second kappa shape index (κ2) is 7.89. The number of rotatable bonds is 4. The minimum Gasteiger partial charge on any atom is -0.354 e. The van der Waals surface area contributed by atoms with Gasteiger partial charge in [-0.2, -0.15) is 0 Å². The molecule has 6 rings (SSSR count). The maximum absolute atomic E-state index is 12.2. The van der Waals surface area contributed by atoms with E-state index < -0.39 is 0 Å². The molecule has 1 saturated heterocycles. The molecule has 1 aliphatic carbocycles. The van der Waals surface area contributed by atoms with Crippen LogP contribution in [0.5, 0.6) is 0 Å². The fourth-order valence-corrected chi connectivity index (χ4v) is 5.07. The van der Waals surface area contributed by atoms with Gasteiger partial charge in [-0.3, -0.25) is 4.79 Å². The number of aromatic nitrogens is 3. The minimum absolute atomic E-state index is 0.0573. The summed E-state index contributed by atoms with van der Waals surface area (Å²) in [4.78, 5) is 23.0. The van der Waals surface area contributed by atoms with Crippen LogP contribution in [0.25, 0.3) is 33.3 Å². The van der Waals surface area contributed by atoms with Gasteiger partial charge in [-0.1, -0.05) is 12.1 Å². The largest absolute Gasteiger partial charge is 0.354 e. The van der Waals surface area contributed by atoms with Crippen LogP contribution in [-0.2, 0) is 7.05 Å². The quantitative estimate of drug-likeness (QED) is 0.500. The number of aryl methyl sites for hydroxylation is 2. The van der Waals surface area contributed by atoms with Crippen LogP contribution in [0.4, 0.5) is 5.82 Å². The Morgan fingerprint density at radius 2 is 1.79 bits per heavy atom. The number of hydrogen-bond acceptors (Lipinski definition) is 4. The molecule has 3 aromatic heterocycles. The van der Waals surface area contributed by atoms with Crippen LogP contribution in [0.15, 0.2) is 53.6 Å². The van der Waals surface area contributed by atoms with Crippen molar-refractivity contribution in [2.45, 2.75) is 25.7 Å². The zero-order chi connectivity index (χ0) is 22.5. The van der Waals surface area contributed by atoms with E-state index in [1.165, 1.54) is 23.8 Å². The van der Waals surface area contributed by atoms with E-state index in [-0.39, 0.29) is 5.56 Å². The molecule has 168 valence electrons. The number of anilines is 1. The highest BCUT2D eigenvalue weighted by atomic mass is 16.1. The zero-order valence-corrected chi connectivity index (χ0v) is 19.2. The third-order valence-electron chi connectivity index (χ3n) is 7.00. The summed E-state index contributed by atoms with van der Waals surface area (Å²) in [7, 11) is 1.83. The topological polar surface area (TPSA) is 66.0 Å². The second-order valence-electron chi connectivity index (χ2n) is 9.42. The number of fused-ring (bicyclic) bond motifs is 1. The summed E-state index contributed by atoms with van der Waals surface area (Å²) in [5, 5.41) is 4.67. The number of hydrogen-bond donors (Lipinski definition) is 2. The Balaban J connectivity index is 1.40. The third kappa shape index (κ3) is 3.64. The van der Waals surface area contributed by atoms with Gasteiger partial charge in [-0.15, -0.1) is 0 Å². The zero-order valence-electron chi connectivity index (χ0n) is 19.2. The molecule has 4 aromatic rings. The normalized spacial score (nSPS) is 16.5. The van der Waals surface area contributed by atoms with E-state index >= 15 is 0 Å². The summed E-state index contributed by atoms with van der Waals surface area (Å²) in [5.74, 6) is 1.64. The van der Waals surface area contributed by atoms with Crippen molar-refractivity contribution in [3.05, 3.63) is 70.3 Å². The molecule has 1 saturated carbocycles. The Morgan fingerprint density at radius 3 is 2.48 bits per heavy atom. The van der Waals surface area contributed by atoms with Gasteiger partial charge in [-0.25, -0.2) is 4.98 Å². The van der Waals surface area contributed by atoms with Crippen molar-refractivity contribution in [2.75, 3.05) is 31.1 Å². The molecule has 6 heteroatoms. The molecule has 0 radical (unpaired) electrons. The summed E-state index contributed by atoms with van der Waals surface area (Å²) >= 11 is 0. The van der Waals surface area contributed by atoms with E-state index in [0.29, 0.717) is 5.92 Å². The lowest BCUT2D eigenvalue weighted by Gasteiger charge is -2.28. The number of nitrogens with zero attached hydrogens (tertiary/aromatic N) is 3. The predicted octanol–water partition coefficient (Wildman–Crippen LogP) is 4.19. The van der Waals surface area contributed by atoms with Crippen molar-refractivity contribution in [3.63, 3.8) is 0 Å². The van der Waals surface area contributed by atoms with Gasteiger partial charge in [0.1, 0.15) is 5.82 Å². The monoisotopic (exact) mass is 439 g/mol. The second-order valence-corrected chi connectivity index (χ2v) is 9.42. The van der Waals surface area contributed by atoms with Crippen LogP contribution < -0.4 is 15.8 Å². The Kier molecular flexibility index (Phi) is 4.84. The van der Waals surface area contributed by atoms with Gasteiger partial charge in [0, 0.05) is 73.2 Å². The Hall–Kier alpha value is -3.38. The molecule has 4 heterocycles. The van der Waals surface area contributed by atoms with E-state index in [1.807, 2.05) is 32.4 Å². The van der Waals surface area contributed by atoms with Crippen molar-refractivity contribution in [2.24, 2.45) is 7.05 Å². The molecule has 2 N–H and O–H groups in total. The van der Waals surface area contributed by atoms with Crippen molar-refractivity contribution < 1.29 is 0 Å². The van der Waals surface area contributed by atoms with Gasteiger partial charge >= 0.3 is 0 Å².